The smallest absolute Gasteiger partial charge is 0.264 e. The predicted molar refractivity (Wildman–Crippen MR) is 41.9 cm³/mol. The fourth-order valence-electron chi connectivity index (χ4n) is 0.656. The quantitative estimate of drug-likeness (QED) is 0.700. The van der Waals surface area contributed by atoms with Gasteiger partial charge in [-0.25, -0.2) is 8.78 Å². The zero-order chi connectivity index (χ0) is 8.32. The van der Waals surface area contributed by atoms with Gasteiger partial charge in [-0.3, -0.25) is 4.98 Å². The van der Waals surface area contributed by atoms with Crippen LogP contribution < -0.4 is 0 Å². The minimum Gasteiger partial charge on any atom is -0.264 e. The van der Waals surface area contributed by atoms with Crippen molar-refractivity contribution >= 4 is 15.9 Å². The highest BCUT2D eigenvalue weighted by molar-refractivity contribution is 9.09. The van der Waals surface area contributed by atoms with Crippen LogP contribution in [0.4, 0.5) is 8.78 Å². The van der Waals surface area contributed by atoms with Gasteiger partial charge in [0, 0.05) is 18.0 Å². The Bertz CT molecular complexity index is 225. The summed E-state index contributed by atoms with van der Waals surface area (Å²) in [5.74, 6) is -2.81. The van der Waals surface area contributed by atoms with E-state index in [0.29, 0.717) is 0 Å². The van der Waals surface area contributed by atoms with Crippen molar-refractivity contribution in [3.8, 4) is 0 Å². The highest BCUT2D eigenvalue weighted by atomic mass is 79.9. The van der Waals surface area contributed by atoms with Gasteiger partial charge in [-0.2, -0.15) is 0 Å². The fraction of sp³-hybridized carbons (Fsp3) is 0.286. The van der Waals surface area contributed by atoms with E-state index in [1.807, 2.05) is 0 Å². The van der Waals surface area contributed by atoms with Crippen LogP contribution in [0, 0.1) is 0 Å². The number of hydrogen-bond acceptors (Lipinski definition) is 1. The number of pyridine rings is 1. The molecule has 0 aliphatic heterocycles. The Kier molecular flexibility index (Phi) is 2.54. The third kappa shape index (κ3) is 1.96. The van der Waals surface area contributed by atoms with E-state index in [2.05, 4.69) is 20.9 Å². The molecular weight excluding hydrogens is 216 g/mol. The number of hydrogen-bond donors (Lipinski definition) is 0. The molecule has 0 bridgehead atoms. The van der Waals surface area contributed by atoms with Crippen LogP contribution >= 0.6 is 15.9 Å². The average Bonchev–Trinajstić information content (AvgIpc) is 2.06. The van der Waals surface area contributed by atoms with Crippen molar-refractivity contribution in [2.45, 2.75) is 5.92 Å². The molecule has 1 rings (SSSR count). The third-order valence-electron chi connectivity index (χ3n) is 1.25. The minimum atomic E-state index is -2.81. The molecule has 0 aromatic carbocycles. The second-order valence-corrected chi connectivity index (χ2v) is 2.64. The van der Waals surface area contributed by atoms with Crippen molar-refractivity contribution in [1.29, 1.82) is 0 Å². The molecule has 0 aliphatic carbocycles. The summed E-state index contributed by atoms with van der Waals surface area (Å²) in [6.07, 6.45) is 2.63. The van der Waals surface area contributed by atoms with Crippen LogP contribution in [0.1, 0.15) is 5.56 Å². The van der Waals surface area contributed by atoms with Gasteiger partial charge in [-0.05, 0) is 12.1 Å². The number of aromatic nitrogens is 1. The van der Waals surface area contributed by atoms with Crippen molar-refractivity contribution in [2.24, 2.45) is 0 Å². The van der Waals surface area contributed by atoms with Crippen LogP contribution in [0.3, 0.4) is 0 Å². The summed E-state index contributed by atoms with van der Waals surface area (Å²) in [6.45, 7) is 0. The van der Waals surface area contributed by atoms with Crippen LogP contribution in [-0.2, 0) is 5.92 Å². The van der Waals surface area contributed by atoms with Crippen LogP contribution in [0.2, 0.25) is 0 Å². The van der Waals surface area contributed by atoms with Crippen molar-refractivity contribution < 1.29 is 8.78 Å². The van der Waals surface area contributed by atoms with Gasteiger partial charge in [0.1, 0.15) is 0 Å². The van der Waals surface area contributed by atoms with Gasteiger partial charge in [0.15, 0.2) is 0 Å². The van der Waals surface area contributed by atoms with Crippen molar-refractivity contribution in [3.05, 3.63) is 30.1 Å². The Morgan fingerprint density at radius 2 is 2.27 bits per heavy atom. The Labute approximate surface area is 71.6 Å². The molecule has 60 valence electrons. The van der Waals surface area contributed by atoms with Crippen LogP contribution in [-0.4, -0.2) is 10.3 Å². The fourth-order valence-corrected chi connectivity index (χ4v) is 0.980. The van der Waals surface area contributed by atoms with Gasteiger partial charge in [-0.15, -0.1) is 0 Å². The number of rotatable bonds is 2. The lowest BCUT2D eigenvalue weighted by molar-refractivity contribution is 0.0242. The van der Waals surface area contributed by atoms with Crippen molar-refractivity contribution in [1.82, 2.24) is 4.98 Å². The summed E-state index contributed by atoms with van der Waals surface area (Å²) >= 11 is 2.73. The maximum atomic E-state index is 12.8. The predicted octanol–water partition coefficient (Wildman–Crippen LogP) is 2.57. The highest BCUT2D eigenvalue weighted by Gasteiger charge is 2.29. The van der Waals surface area contributed by atoms with E-state index in [1.165, 1.54) is 24.5 Å². The molecule has 1 heterocycles. The standard InChI is InChI=1S/C7H6BrF2N/c8-5-7(9,10)6-2-1-3-11-4-6/h1-4H,5H2. The van der Waals surface area contributed by atoms with E-state index in [1.54, 1.807) is 0 Å². The third-order valence-corrected chi connectivity index (χ3v) is 1.96. The van der Waals surface area contributed by atoms with E-state index in [0.717, 1.165) is 0 Å². The van der Waals surface area contributed by atoms with E-state index in [9.17, 15) is 8.78 Å². The molecule has 0 spiro atoms. The maximum Gasteiger partial charge on any atom is 0.284 e. The molecule has 0 N–H and O–H groups in total. The van der Waals surface area contributed by atoms with E-state index in [4.69, 9.17) is 0 Å². The van der Waals surface area contributed by atoms with Gasteiger partial charge >= 0.3 is 0 Å². The molecule has 0 atom stereocenters. The van der Waals surface area contributed by atoms with Crippen molar-refractivity contribution in [3.63, 3.8) is 0 Å². The molecule has 4 heteroatoms. The SMILES string of the molecule is FC(F)(CBr)c1cccnc1. The molecule has 0 aliphatic rings. The Hall–Kier alpha value is -0.510. The molecule has 1 aromatic rings. The first kappa shape index (κ1) is 8.59. The minimum absolute atomic E-state index is 0.0584. The zero-order valence-electron chi connectivity index (χ0n) is 5.60. The molecule has 0 fully saturated rings. The van der Waals surface area contributed by atoms with Crippen LogP contribution in [0.5, 0.6) is 0 Å². The first-order chi connectivity index (χ1) is 5.17. The second kappa shape index (κ2) is 3.26. The van der Waals surface area contributed by atoms with Crippen molar-refractivity contribution in [2.75, 3.05) is 5.33 Å². The molecule has 0 amide bonds. The molecule has 0 unspecified atom stereocenters. The van der Waals surface area contributed by atoms with Crippen LogP contribution in [0.25, 0.3) is 0 Å². The number of nitrogens with zero attached hydrogens (tertiary/aromatic N) is 1. The van der Waals surface area contributed by atoms with Gasteiger partial charge in [0.2, 0.25) is 0 Å². The Morgan fingerprint density at radius 1 is 1.55 bits per heavy atom. The van der Waals surface area contributed by atoms with Gasteiger partial charge in [-0.1, -0.05) is 15.9 Å². The first-order valence-corrected chi connectivity index (χ1v) is 4.13. The lowest BCUT2D eigenvalue weighted by Crippen LogP contribution is -2.14. The van der Waals surface area contributed by atoms with Crippen LogP contribution in [0.15, 0.2) is 24.5 Å². The maximum absolute atomic E-state index is 12.8. The Morgan fingerprint density at radius 3 is 2.73 bits per heavy atom. The highest BCUT2D eigenvalue weighted by Crippen LogP contribution is 2.28. The van der Waals surface area contributed by atoms with E-state index < -0.39 is 5.92 Å². The van der Waals surface area contributed by atoms with Gasteiger partial charge < -0.3 is 0 Å². The normalized spacial score (nSPS) is 11.5. The molecular formula is C7H6BrF2N. The van der Waals surface area contributed by atoms with E-state index >= 15 is 0 Å². The zero-order valence-corrected chi connectivity index (χ0v) is 7.18. The lowest BCUT2D eigenvalue weighted by Gasteiger charge is -2.11. The topological polar surface area (TPSA) is 12.9 Å². The van der Waals surface area contributed by atoms with E-state index in [-0.39, 0.29) is 10.9 Å². The first-order valence-electron chi connectivity index (χ1n) is 3.01. The summed E-state index contributed by atoms with van der Waals surface area (Å²) in [6, 6.07) is 2.85. The van der Waals surface area contributed by atoms with Gasteiger partial charge in [0.05, 0.1) is 5.33 Å². The molecule has 1 nitrogen and oxygen atoms in total. The number of halogens is 3. The Balaban J connectivity index is 2.93. The summed E-state index contributed by atoms with van der Waals surface area (Å²) in [7, 11) is 0. The molecule has 1 aromatic heterocycles. The monoisotopic (exact) mass is 221 g/mol. The summed E-state index contributed by atoms with van der Waals surface area (Å²) in [5, 5.41) is -0.369. The molecule has 11 heavy (non-hydrogen) atoms. The summed E-state index contributed by atoms with van der Waals surface area (Å²) in [4.78, 5) is 3.60. The summed E-state index contributed by atoms with van der Waals surface area (Å²) in [5.41, 5.74) is -0.0584. The second-order valence-electron chi connectivity index (χ2n) is 2.08. The largest absolute Gasteiger partial charge is 0.284 e. The molecule has 0 radical (unpaired) electrons. The lowest BCUT2D eigenvalue weighted by atomic mass is 10.2. The average molecular weight is 222 g/mol. The van der Waals surface area contributed by atoms with Gasteiger partial charge in [0.25, 0.3) is 5.92 Å². The summed E-state index contributed by atoms with van der Waals surface area (Å²) < 4.78 is 25.6. The number of alkyl halides is 3. The molecule has 0 saturated carbocycles. The molecule has 0 saturated heterocycles.